The van der Waals surface area contributed by atoms with Crippen molar-refractivity contribution >= 4 is 0 Å². The first kappa shape index (κ1) is 20.6. The molecule has 3 aliphatic rings. The topological polar surface area (TPSA) is 30.9 Å². The number of nitrogens with zero attached hydrogens (tertiary/aromatic N) is 1. The third-order valence-electron chi connectivity index (χ3n) is 7.43. The molecule has 1 saturated carbocycles. The van der Waals surface area contributed by atoms with Crippen LogP contribution in [0.4, 0.5) is 0 Å². The third-order valence-corrected chi connectivity index (χ3v) is 7.43. The highest BCUT2D eigenvalue weighted by atomic mass is 16.7. The van der Waals surface area contributed by atoms with Gasteiger partial charge in [-0.3, -0.25) is 4.90 Å². The van der Waals surface area contributed by atoms with Gasteiger partial charge in [-0.05, 0) is 50.4 Å². The zero-order valence-corrected chi connectivity index (χ0v) is 17.9. The van der Waals surface area contributed by atoms with E-state index in [-0.39, 0.29) is 5.79 Å². The number of hydrogen-bond acceptors (Lipinski definition) is 4. The van der Waals surface area contributed by atoms with Crippen LogP contribution in [0.3, 0.4) is 0 Å². The molecular formula is C22H41NO3. The fraction of sp³-hybridized carbons (Fsp3) is 1.00. The van der Waals surface area contributed by atoms with E-state index in [1.807, 2.05) is 0 Å². The van der Waals surface area contributed by atoms with Gasteiger partial charge in [-0.15, -0.1) is 0 Å². The van der Waals surface area contributed by atoms with Gasteiger partial charge in [0.15, 0.2) is 5.79 Å². The summed E-state index contributed by atoms with van der Waals surface area (Å²) in [7, 11) is 0. The van der Waals surface area contributed by atoms with Crippen molar-refractivity contribution in [1.29, 1.82) is 0 Å². The number of hydrogen-bond donors (Lipinski definition) is 0. The van der Waals surface area contributed by atoms with Crippen molar-refractivity contribution in [2.45, 2.75) is 97.7 Å². The molecule has 2 aliphatic heterocycles. The minimum Gasteiger partial charge on any atom is -0.373 e. The van der Waals surface area contributed by atoms with Crippen LogP contribution in [-0.4, -0.2) is 55.2 Å². The average molecular weight is 368 g/mol. The van der Waals surface area contributed by atoms with Gasteiger partial charge < -0.3 is 14.2 Å². The predicted molar refractivity (Wildman–Crippen MR) is 105 cm³/mol. The molecule has 0 aromatic heterocycles. The minimum atomic E-state index is -0.310. The van der Waals surface area contributed by atoms with Gasteiger partial charge in [-0.25, -0.2) is 0 Å². The normalized spacial score (nSPS) is 40.3. The van der Waals surface area contributed by atoms with Gasteiger partial charge >= 0.3 is 0 Å². The lowest BCUT2D eigenvalue weighted by molar-refractivity contribution is -0.312. The maximum absolute atomic E-state index is 6.60. The first-order valence-electron chi connectivity index (χ1n) is 10.9. The predicted octanol–water partition coefficient (Wildman–Crippen LogP) is 4.47. The second-order valence-corrected chi connectivity index (χ2v) is 10.0. The first-order chi connectivity index (χ1) is 12.2. The Hall–Kier alpha value is -0.160. The summed E-state index contributed by atoms with van der Waals surface area (Å²) < 4.78 is 18.7. The summed E-state index contributed by atoms with van der Waals surface area (Å²) >= 11 is 0. The van der Waals surface area contributed by atoms with E-state index in [1.165, 1.54) is 12.8 Å². The molecule has 0 bridgehead atoms. The maximum atomic E-state index is 6.60. The molecule has 0 aromatic rings. The lowest BCUT2D eigenvalue weighted by Crippen LogP contribution is -2.53. The van der Waals surface area contributed by atoms with E-state index in [1.54, 1.807) is 0 Å². The molecule has 1 spiro atoms. The summed E-state index contributed by atoms with van der Waals surface area (Å²) in [4.78, 5) is 2.52. The molecule has 0 radical (unpaired) electrons. The molecule has 0 N–H and O–H groups in total. The molecule has 4 nitrogen and oxygen atoms in total. The minimum absolute atomic E-state index is 0.302. The Morgan fingerprint density at radius 3 is 2.23 bits per heavy atom. The molecule has 26 heavy (non-hydrogen) atoms. The van der Waals surface area contributed by atoms with E-state index in [0.717, 1.165) is 51.4 Å². The van der Waals surface area contributed by atoms with Crippen molar-refractivity contribution < 1.29 is 14.2 Å². The Bertz CT molecular complexity index is 446. The first-order valence-corrected chi connectivity index (χ1v) is 10.9. The standard InChI is InChI=1S/C22H41NO3/c1-16(2)21(5,6)19-7-10-22(11-8-19)24-12-9-20(26-22)15-23-13-17(3)25-18(4)14-23/h16-20H,7-15H2,1-6H3. The van der Waals surface area contributed by atoms with Crippen molar-refractivity contribution in [3.05, 3.63) is 0 Å². The highest BCUT2D eigenvalue weighted by molar-refractivity contribution is 4.91. The lowest BCUT2D eigenvalue weighted by Gasteiger charge is -2.49. The van der Waals surface area contributed by atoms with Gasteiger partial charge in [-0.2, -0.15) is 0 Å². The number of ether oxygens (including phenoxy) is 3. The molecule has 2 heterocycles. The smallest absolute Gasteiger partial charge is 0.168 e. The number of morpholine rings is 1. The molecule has 0 aromatic carbocycles. The average Bonchev–Trinajstić information content (AvgIpc) is 2.54. The maximum Gasteiger partial charge on any atom is 0.168 e. The van der Waals surface area contributed by atoms with Crippen molar-refractivity contribution in [3.63, 3.8) is 0 Å². The van der Waals surface area contributed by atoms with Crippen LogP contribution in [-0.2, 0) is 14.2 Å². The van der Waals surface area contributed by atoms with Crippen LogP contribution >= 0.6 is 0 Å². The molecule has 4 heteroatoms. The van der Waals surface area contributed by atoms with Crippen LogP contribution < -0.4 is 0 Å². The Morgan fingerprint density at radius 2 is 1.65 bits per heavy atom. The summed E-state index contributed by atoms with van der Waals surface area (Å²) in [5.41, 5.74) is 0.399. The van der Waals surface area contributed by atoms with Gasteiger partial charge in [0.1, 0.15) is 0 Å². The summed E-state index contributed by atoms with van der Waals surface area (Å²) in [5.74, 6) is 1.19. The highest BCUT2D eigenvalue weighted by Gasteiger charge is 2.45. The Labute approximate surface area is 160 Å². The molecule has 2 saturated heterocycles. The van der Waals surface area contributed by atoms with Crippen molar-refractivity contribution in [1.82, 2.24) is 4.90 Å². The molecule has 0 amide bonds. The molecule has 3 unspecified atom stereocenters. The fourth-order valence-electron chi connectivity index (χ4n) is 5.16. The Kier molecular flexibility index (Phi) is 6.38. The molecule has 3 atom stereocenters. The van der Waals surface area contributed by atoms with Crippen LogP contribution in [0.5, 0.6) is 0 Å². The zero-order chi connectivity index (χ0) is 18.9. The van der Waals surface area contributed by atoms with Crippen LogP contribution in [0, 0.1) is 17.3 Å². The van der Waals surface area contributed by atoms with Crippen LogP contribution in [0.1, 0.15) is 73.6 Å². The van der Waals surface area contributed by atoms with E-state index in [9.17, 15) is 0 Å². The van der Waals surface area contributed by atoms with Crippen LogP contribution in [0.25, 0.3) is 0 Å². The van der Waals surface area contributed by atoms with Gasteiger partial charge in [0.25, 0.3) is 0 Å². The highest BCUT2D eigenvalue weighted by Crippen LogP contribution is 2.48. The van der Waals surface area contributed by atoms with E-state index in [2.05, 4.69) is 46.4 Å². The fourth-order valence-corrected chi connectivity index (χ4v) is 5.16. The van der Waals surface area contributed by atoms with E-state index >= 15 is 0 Å². The van der Waals surface area contributed by atoms with Gasteiger partial charge in [0, 0.05) is 32.5 Å². The van der Waals surface area contributed by atoms with Crippen molar-refractivity contribution in [3.8, 4) is 0 Å². The van der Waals surface area contributed by atoms with E-state index in [0.29, 0.717) is 29.6 Å². The monoisotopic (exact) mass is 367 g/mol. The van der Waals surface area contributed by atoms with Gasteiger partial charge in [0.05, 0.1) is 24.9 Å². The molecule has 152 valence electrons. The van der Waals surface area contributed by atoms with E-state index < -0.39 is 0 Å². The SMILES string of the molecule is CC1CN(CC2CCOC3(CCC(C(C)(C)C(C)C)CC3)O2)CC(C)O1. The molecule has 3 fully saturated rings. The summed E-state index contributed by atoms with van der Waals surface area (Å²) in [6.45, 7) is 17.8. The second kappa shape index (κ2) is 8.06. The second-order valence-electron chi connectivity index (χ2n) is 10.0. The third kappa shape index (κ3) is 4.63. The lowest BCUT2D eigenvalue weighted by atomic mass is 9.64. The Morgan fingerprint density at radius 1 is 1.04 bits per heavy atom. The van der Waals surface area contributed by atoms with Crippen LogP contribution in [0.15, 0.2) is 0 Å². The number of rotatable bonds is 4. The summed E-state index contributed by atoms with van der Waals surface area (Å²) in [6, 6.07) is 0. The largest absolute Gasteiger partial charge is 0.373 e. The molecular weight excluding hydrogens is 326 g/mol. The van der Waals surface area contributed by atoms with Gasteiger partial charge in [0.2, 0.25) is 0 Å². The van der Waals surface area contributed by atoms with Gasteiger partial charge in [-0.1, -0.05) is 27.7 Å². The summed E-state index contributed by atoms with van der Waals surface area (Å²) in [6.07, 6.45) is 6.52. The van der Waals surface area contributed by atoms with E-state index in [4.69, 9.17) is 14.2 Å². The summed E-state index contributed by atoms with van der Waals surface area (Å²) in [5, 5.41) is 0. The van der Waals surface area contributed by atoms with Crippen molar-refractivity contribution in [2.24, 2.45) is 17.3 Å². The molecule has 1 aliphatic carbocycles. The Balaban J connectivity index is 1.54. The molecule has 3 rings (SSSR count). The van der Waals surface area contributed by atoms with Crippen molar-refractivity contribution in [2.75, 3.05) is 26.2 Å². The van der Waals surface area contributed by atoms with Crippen LogP contribution in [0.2, 0.25) is 0 Å². The zero-order valence-electron chi connectivity index (χ0n) is 17.9. The quantitative estimate of drug-likeness (QED) is 0.733.